The van der Waals surface area contributed by atoms with Gasteiger partial charge in [0, 0.05) is 5.56 Å². The Hall–Kier alpha value is -2.92. The molecule has 1 aliphatic heterocycles. The van der Waals surface area contributed by atoms with E-state index in [4.69, 9.17) is 0 Å². The van der Waals surface area contributed by atoms with Crippen molar-refractivity contribution in [1.82, 2.24) is 4.57 Å². The monoisotopic (exact) mass is 433 g/mol. The second kappa shape index (κ2) is 7.60. The number of nitrogens with one attached hydrogen (secondary N) is 1. The number of nitrogens with zero attached hydrogens (tertiary/aromatic N) is 2. The lowest BCUT2D eigenvalue weighted by atomic mass is 10.0. The minimum atomic E-state index is 0. The summed E-state index contributed by atoms with van der Waals surface area (Å²) in [5.41, 5.74) is 5.28. The fraction of sp³-hybridized carbons (Fsp3) is 0.130. The summed E-state index contributed by atoms with van der Waals surface area (Å²) < 4.78 is 4.34. The Morgan fingerprint density at radius 2 is 1.57 bits per heavy atom. The van der Waals surface area contributed by atoms with Crippen LogP contribution in [0.25, 0.3) is 22.2 Å². The topological polar surface area (TPSA) is 37.9 Å². The highest BCUT2D eigenvalue weighted by molar-refractivity contribution is 5.97. The quantitative estimate of drug-likeness (QED) is 0.383. The van der Waals surface area contributed by atoms with E-state index in [0.717, 1.165) is 41.2 Å². The van der Waals surface area contributed by atoms with Gasteiger partial charge in [-0.25, -0.2) is 9.13 Å². The fourth-order valence-corrected chi connectivity index (χ4v) is 3.87. The molecule has 1 N–H and O–H groups in total. The van der Waals surface area contributed by atoms with Gasteiger partial charge in [0.2, 0.25) is 0 Å². The summed E-state index contributed by atoms with van der Waals surface area (Å²) in [6.07, 6.45) is 0. The van der Waals surface area contributed by atoms with Crippen molar-refractivity contribution in [1.29, 1.82) is 0 Å². The van der Waals surface area contributed by atoms with Crippen LogP contribution in [0.2, 0.25) is 0 Å². The van der Waals surface area contributed by atoms with Crippen LogP contribution in [0.1, 0.15) is 10.4 Å². The lowest BCUT2D eigenvalue weighted by Gasteiger charge is -2.05. The van der Waals surface area contributed by atoms with Crippen LogP contribution < -0.4 is 26.9 Å². The van der Waals surface area contributed by atoms with E-state index < -0.39 is 0 Å². The summed E-state index contributed by atoms with van der Waals surface area (Å²) in [6, 6.07) is 26.4. The normalized spacial score (nSPS) is 12.3. The molecule has 0 fully saturated rings. The molecule has 0 saturated carbocycles. The van der Waals surface area contributed by atoms with Gasteiger partial charge in [0.1, 0.15) is 24.1 Å². The predicted molar refractivity (Wildman–Crippen MR) is 107 cm³/mol. The Balaban J connectivity index is 0.00000192. The lowest BCUT2D eigenvalue weighted by molar-refractivity contribution is -0.644. The summed E-state index contributed by atoms with van der Waals surface area (Å²) in [6.45, 7) is 2.17. The predicted octanol–water partition coefficient (Wildman–Crippen LogP) is 0.908. The van der Waals surface area contributed by atoms with E-state index >= 15 is 0 Å². The average molecular weight is 434 g/mol. The molecular formula is C23H20BrN3O. The van der Waals surface area contributed by atoms with Gasteiger partial charge in [-0.3, -0.25) is 10.1 Å². The minimum absolute atomic E-state index is 0. The highest BCUT2D eigenvalue weighted by atomic mass is 79.9. The molecule has 0 saturated heterocycles. The Morgan fingerprint density at radius 1 is 0.893 bits per heavy atom. The molecule has 0 unspecified atom stereocenters. The van der Waals surface area contributed by atoms with Crippen LogP contribution in [0.3, 0.4) is 0 Å². The molecule has 0 atom stereocenters. The van der Waals surface area contributed by atoms with Crippen molar-refractivity contribution in [3.05, 3.63) is 84.4 Å². The van der Waals surface area contributed by atoms with Crippen LogP contribution in [0.4, 0.5) is 5.95 Å². The van der Waals surface area contributed by atoms with Crippen molar-refractivity contribution in [2.45, 2.75) is 13.1 Å². The maximum Gasteiger partial charge on any atom is 0.359 e. The van der Waals surface area contributed by atoms with E-state index in [2.05, 4.69) is 38.7 Å². The van der Waals surface area contributed by atoms with Gasteiger partial charge < -0.3 is 17.0 Å². The number of hydrogen-bond acceptors (Lipinski definition) is 2. The first kappa shape index (κ1) is 18.4. The summed E-state index contributed by atoms with van der Waals surface area (Å²) in [7, 11) is 0. The van der Waals surface area contributed by atoms with Crippen LogP contribution in [-0.2, 0) is 13.1 Å². The molecule has 0 radical (unpaired) electrons. The Morgan fingerprint density at radius 3 is 2.36 bits per heavy atom. The van der Waals surface area contributed by atoms with E-state index in [-0.39, 0.29) is 22.8 Å². The largest absolute Gasteiger partial charge is 1.00 e. The number of aromatic nitrogens is 2. The maximum atomic E-state index is 12.9. The standard InChI is InChI=1S/C23H19N3O.BrH/c27-22(19-12-10-18(11-13-19)17-6-2-1-3-7-17)16-26-21-9-5-4-8-20(21)25-15-14-24-23(25)26;/h1-13H,14-16H2;1H. The zero-order valence-corrected chi connectivity index (χ0v) is 16.9. The van der Waals surface area contributed by atoms with Crippen molar-refractivity contribution in [2.24, 2.45) is 0 Å². The number of anilines is 1. The number of Topliss-reactive ketones (excluding diaryl/α,β-unsaturated/α-hetero) is 1. The number of hydrogen-bond donors (Lipinski definition) is 1. The van der Waals surface area contributed by atoms with Gasteiger partial charge in [0.15, 0.2) is 5.78 Å². The molecule has 5 heteroatoms. The molecule has 0 spiro atoms. The van der Waals surface area contributed by atoms with Crippen molar-refractivity contribution in [3.63, 3.8) is 0 Å². The van der Waals surface area contributed by atoms with Gasteiger partial charge in [0.05, 0.1) is 6.54 Å². The molecule has 1 aliphatic rings. The van der Waals surface area contributed by atoms with Crippen LogP contribution in [-0.4, -0.2) is 16.9 Å². The molecule has 2 heterocycles. The second-order valence-electron chi connectivity index (χ2n) is 6.84. The molecule has 0 aliphatic carbocycles. The van der Waals surface area contributed by atoms with Crippen molar-refractivity contribution in [2.75, 3.05) is 11.9 Å². The van der Waals surface area contributed by atoms with Crippen molar-refractivity contribution < 1.29 is 26.3 Å². The molecule has 5 rings (SSSR count). The molecule has 28 heavy (non-hydrogen) atoms. The number of carbonyl (C=O) groups excluding carboxylic acids is 1. The first-order chi connectivity index (χ1) is 13.3. The number of halogens is 1. The van der Waals surface area contributed by atoms with E-state index in [1.807, 2.05) is 54.6 Å². The minimum Gasteiger partial charge on any atom is -1.00 e. The van der Waals surface area contributed by atoms with Crippen LogP contribution in [0, 0.1) is 0 Å². The average Bonchev–Trinajstić information content (AvgIpc) is 3.32. The van der Waals surface area contributed by atoms with Crippen LogP contribution in [0.5, 0.6) is 0 Å². The smallest absolute Gasteiger partial charge is 0.359 e. The number of rotatable bonds is 4. The molecule has 0 amide bonds. The molecule has 140 valence electrons. The SMILES string of the molecule is O=C(Cn1c2[n+](c3ccccc31)CCN2)c1ccc(-c2ccccc2)cc1.[Br-]. The van der Waals surface area contributed by atoms with Gasteiger partial charge in [-0.15, -0.1) is 0 Å². The lowest BCUT2D eigenvalue weighted by Crippen LogP contribution is -3.00. The van der Waals surface area contributed by atoms with Crippen molar-refractivity contribution in [3.8, 4) is 11.1 Å². The Bertz CT molecular complexity index is 1130. The third-order valence-corrected chi connectivity index (χ3v) is 5.21. The molecule has 1 aromatic heterocycles. The zero-order valence-electron chi connectivity index (χ0n) is 15.3. The van der Waals surface area contributed by atoms with E-state index in [1.54, 1.807) is 0 Å². The Labute approximate surface area is 174 Å². The summed E-state index contributed by atoms with van der Waals surface area (Å²) in [5, 5.41) is 3.42. The molecule has 0 bridgehead atoms. The number of fused-ring (bicyclic) bond motifs is 3. The zero-order chi connectivity index (χ0) is 18.2. The Kier molecular flexibility index (Phi) is 5.01. The number of para-hydroxylation sites is 2. The molecule has 4 nitrogen and oxygen atoms in total. The van der Waals surface area contributed by atoms with Gasteiger partial charge in [-0.2, -0.15) is 0 Å². The van der Waals surface area contributed by atoms with Crippen LogP contribution >= 0.6 is 0 Å². The van der Waals surface area contributed by atoms with E-state index in [0.29, 0.717) is 6.54 Å². The van der Waals surface area contributed by atoms with Gasteiger partial charge in [0.25, 0.3) is 0 Å². The first-order valence-corrected chi connectivity index (χ1v) is 9.25. The summed E-state index contributed by atoms with van der Waals surface area (Å²) >= 11 is 0. The summed E-state index contributed by atoms with van der Waals surface area (Å²) in [5.74, 6) is 1.14. The first-order valence-electron chi connectivity index (χ1n) is 9.25. The number of imidazole rings is 1. The maximum absolute atomic E-state index is 12.9. The third-order valence-electron chi connectivity index (χ3n) is 5.21. The second-order valence-corrected chi connectivity index (χ2v) is 6.84. The number of carbonyl (C=O) groups is 1. The van der Waals surface area contributed by atoms with Gasteiger partial charge in [-0.1, -0.05) is 66.7 Å². The van der Waals surface area contributed by atoms with E-state index in [9.17, 15) is 4.79 Å². The van der Waals surface area contributed by atoms with Gasteiger partial charge >= 0.3 is 5.95 Å². The molecule has 4 aromatic rings. The fourth-order valence-electron chi connectivity index (χ4n) is 3.87. The molecule has 3 aromatic carbocycles. The summed E-state index contributed by atoms with van der Waals surface area (Å²) in [4.78, 5) is 12.9. The highest BCUT2D eigenvalue weighted by Gasteiger charge is 2.29. The van der Waals surface area contributed by atoms with Gasteiger partial charge in [-0.05, 0) is 23.3 Å². The third kappa shape index (κ3) is 3.12. The van der Waals surface area contributed by atoms with E-state index in [1.165, 1.54) is 5.52 Å². The van der Waals surface area contributed by atoms with Crippen LogP contribution in [0.15, 0.2) is 78.9 Å². The van der Waals surface area contributed by atoms with Crippen molar-refractivity contribution >= 4 is 22.8 Å². The number of ketones is 1. The number of benzene rings is 3. The molecular weight excluding hydrogens is 414 g/mol. The highest BCUT2D eigenvalue weighted by Crippen LogP contribution is 2.22.